The van der Waals surface area contributed by atoms with Gasteiger partial charge in [0.05, 0.1) is 29.7 Å². The summed E-state index contributed by atoms with van der Waals surface area (Å²) in [7, 11) is 0. The van der Waals surface area contributed by atoms with Gasteiger partial charge < -0.3 is 19.8 Å². The lowest BCUT2D eigenvalue weighted by atomic mass is 9.93. The number of aromatic amines is 1. The second kappa shape index (κ2) is 8.18. The number of alkyl halides is 3. The average molecular weight is 461 g/mol. The third kappa shape index (κ3) is 4.24. The van der Waals surface area contributed by atoms with Crippen molar-refractivity contribution in [3.05, 3.63) is 47.4 Å². The van der Waals surface area contributed by atoms with Crippen molar-refractivity contribution in [3.8, 4) is 5.75 Å². The molecule has 10 heteroatoms. The van der Waals surface area contributed by atoms with E-state index in [4.69, 9.17) is 9.47 Å². The van der Waals surface area contributed by atoms with Crippen LogP contribution in [0, 0.1) is 6.92 Å². The fraction of sp³-hybridized carbons (Fsp3) is 0.478. The second-order valence-corrected chi connectivity index (χ2v) is 8.92. The van der Waals surface area contributed by atoms with Crippen LogP contribution in [0.25, 0.3) is 11.0 Å². The summed E-state index contributed by atoms with van der Waals surface area (Å²) in [6, 6.07) is 6.77. The first kappa shape index (κ1) is 22.0. The zero-order valence-corrected chi connectivity index (χ0v) is 18.6. The lowest BCUT2D eigenvalue weighted by Gasteiger charge is -2.45. The predicted molar refractivity (Wildman–Crippen MR) is 117 cm³/mol. The first-order valence-electron chi connectivity index (χ1n) is 11.0. The van der Waals surface area contributed by atoms with Crippen molar-refractivity contribution in [2.75, 3.05) is 25.0 Å². The number of fused-ring (bicyclic) bond motifs is 2. The van der Waals surface area contributed by atoms with Crippen LogP contribution in [0.2, 0.25) is 0 Å². The maximum Gasteiger partial charge on any atom is 0.431 e. The molecule has 5 rings (SSSR count). The summed E-state index contributed by atoms with van der Waals surface area (Å²) in [5.41, 5.74) is 1.31. The molecule has 0 amide bonds. The maximum atomic E-state index is 13.3. The Morgan fingerprint density at radius 1 is 1.12 bits per heavy atom. The summed E-state index contributed by atoms with van der Waals surface area (Å²) in [4.78, 5) is 13.0. The molecule has 1 saturated heterocycles. The smallest absolute Gasteiger partial charge is 0.431 e. The first-order chi connectivity index (χ1) is 15.7. The van der Waals surface area contributed by atoms with Gasteiger partial charge in [0.1, 0.15) is 35.8 Å². The number of H-pyrrole nitrogens is 1. The fourth-order valence-electron chi connectivity index (χ4n) is 4.84. The van der Waals surface area contributed by atoms with E-state index < -0.39 is 11.9 Å². The molecule has 0 bridgehead atoms. The molecular weight excluding hydrogens is 435 g/mol. The highest BCUT2D eigenvalue weighted by Gasteiger charge is 2.39. The van der Waals surface area contributed by atoms with Gasteiger partial charge in [-0.15, -0.1) is 0 Å². The number of nitrogens with one attached hydrogen (secondary N) is 2. The average Bonchev–Trinajstić information content (AvgIpc) is 3.19. The number of benzene rings is 1. The third-order valence-corrected chi connectivity index (χ3v) is 6.24. The number of anilines is 1. The summed E-state index contributed by atoms with van der Waals surface area (Å²) < 4.78 is 51.9. The van der Waals surface area contributed by atoms with E-state index in [0.717, 1.165) is 36.0 Å². The van der Waals surface area contributed by atoms with Gasteiger partial charge in [-0.25, -0.2) is 9.97 Å². The van der Waals surface area contributed by atoms with Crippen molar-refractivity contribution < 1.29 is 22.6 Å². The topological polar surface area (TPSA) is 75.3 Å². The number of hydrogen-bond acceptors (Lipinski definition) is 6. The molecule has 0 radical (unpaired) electrons. The number of nitrogens with zero attached hydrogens (tertiary/aromatic N) is 3. The molecule has 0 aliphatic carbocycles. The minimum Gasteiger partial charge on any atom is -0.491 e. The van der Waals surface area contributed by atoms with E-state index in [1.807, 2.05) is 39.0 Å². The van der Waals surface area contributed by atoms with Crippen molar-refractivity contribution in [1.82, 2.24) is 19.9 Å². The van der Waals surface area contributed by atoms with Crippen LogP contribution in [0.4, 0.5) is 19.0 Å². The molecule has 4 atom stereocenters. The molecule has 0 saturated carbocycles. The van der Waals surface area contributed by atoms with E-state index in [9.17, 15) is 13.2 Å². The summed E-state index contributed by atoms with van der Waals surface area (Å²) in [6.45, 7) is 7.99. The van der Waals surface area contributed by atoms with E-state index in [2.05, 4.69) is 25.2 Å². The Balaban J connectivity index is 1.55. The maximum absolute atomic E-state index is 13.3. The molecule has 0 spiro atoms. The highest BCUT2D eigenvalue weighted by atomic mass is 19.4. The van der Waals surface area contributed by atoms with Crippen LogP contribution in [0.15, 0.2) is 30.6 Å². The highest BCUT2D eigenvalue weighted by molar-refractivity contribution is 5.88. The van der Waals surface area contributed by atoms with Crippen molar-refractivity contribution in [1.29, 1.82) is 0 Å². The Bertz CT molecular complexity index is 1150. The van der Waals surface area contributed by atoms with Gasteiger partial charge in [0, 0.05) is 18.7 Å². The zero-order valence-electron chi connectivity index (χ0n) is 18.6. The van der Waals surface area contributed by atoms with Crippen LogP contribution in [-0.4, -0.2) is 57.8 Å². The Labute approximate surface area is 189 Å². The molecule has 2 aliphatic rings. The van der Waals surface area contributed by atoms with Gasteiger partial charge in [0.2, 0.25) is 0 Å². The fourth-order valence-corrected chi connectivity index (χ4v) is 4.84. The molecule has 176 valence electrons. The monoisotopic (exact) mass is 461 g/mol. The number of aryl methyl sites for hydroxylation is 1. The normalized spacial score (nSPS) is 26.1. The van der Waals surface area contributed by atoms with Crippen LogP contribution in [0.1, 0.15) is 36.7 Å². The molecular formula is C23H26F3N5O2. The standard InChI is InChI=1S/C23H26F3N5O2/c1-12-4-5-15-18(6-12)32-10-17(31-8-13(2)33-14(3)9-31)20(15)30-22-16-7-19(23(24,25)26)29-21(16)27-11-28-22/h4-7,11,13-14,17,20H,8-10H2,1-3H3,(H2,27,28,29,30)/t13-,14+,17-,20-/m0/s1. The summed E-state index contributed by atoms with van der Waals surface area (Å²) in [5.74, 6) is 1.12. The van der Waals surface area contributed by atoms with Crippen LogP contribution in [0.5, 0.6) is 5.75 Å². The van der Waals surface area contributed by atoms with Gasteiger partial charge in [-0.1, -0.05) is 12.1 Å². The molecule has 0 unspecified atom stereocenters. The van der Waals surface area contributed by atoms with Gasteiger partial charge in [-0.3, -0.25) is 4.90 Å². The van der Waals surface area contributed by atoms with E-state index in [1.54, 1.807) is 0 Å². The molecule has 3 aromatic rings. The van der Waals surface area contributed by atoms with E-state index in [0.29, 0.717) is 17.8 Å². The lowest BCUT2D eigenvalue weighted by molar-refractivity contribution is -0.140. The second-order valence-electron chi connectivity index (χ2n) is 8.92. The molecule has 2 aliphatic heterocycles. The number of aromatic nitrogens is 3. The van der Waals surface area contributed by atoms with Crippen LogP contribution >= 0.6 is 0 Å². The Kier molecular flexibility index (Phi) is 5.44. The summed E-state index contributed by atoms with van der Waals surface area (Å²) in [6.07, 6.45) is -3.09. The van der Waals surface area contributed by atoms with Crippen molar-refractivity contribution in [2.24, 2.45) is 0 Å². The van der Waals surface area contributed by atoms with Crippen LogP contribution < -0.4 is 10.1 Å². The van der Waals surface area contributed by atoms with Crippen LogP contribution in [-0.2, 0) is 10.9 Å². The summed E-state index contributed by atoms with van der Waals surface area (Å²) in [5, 5.41) is 3.74. The Morgan fingerprint density at radius 3 is 2.61 bits per heavy atom. The van der Waals surface area contributed by atoms with Crippen LogP contribution in [0.3, 0.4) is 0 Å². The van der Waals surface area contributed by atoms with Crippen molar-refractivity contribution in [2.45, 2.75) is 51.2 Å². The first-order valence-corrected chi connectivity index (χ1v) is 11.0. The minimum absolute atomic E-state index is 0.0555. The molecule has 2 aromatic heterocycles. The Hall–Kier alpha value is -2.85. The molecule has 2 N–H and O–H groups in total. The van der Waals surface area contributed by atoms with E-state index in [-0.39, 0.29) is 29.9 Å². The van der Waals surface area contributed by atoms with E-state index in [1.165, 1.54) is 6.33 Å². The van der Waals surface area contributed by atoms with Gasteiger partial charge in [-0.2, -0.15) is 13.2 Å². The van der Waals surface area contributed by atoms with Gasteiger partial charge in [-0.05, 0) is 38.5 Å². The third-order valence-electron chi connectivity index (χ3n) is 6.24. The van der Waals surface area contributed by atoms with E-state index >= 15 is 0 Å². The van der Waals surface area contributed by atoms with Gasteiger partial charge >= 0.3 is 6.18 Å². The largest absolute Gasteiger partial charge is 0.491 e. The molecule has 1 aromatic carbocycles. The van der Waals surface area contributed by atoms with Gasteiger partial charge in [0.25, 0.3) is 0 Å². The number of morpholine rings is 1. The zero-order chi connectivity index (χ0) is 23.3. The number of ether oxygens (including phenoxy) is 2. The highest BCUT2D eigenvalue weighted by Crippen LogP contribution is 2.39. The molecule has 7 nitrogen and oxygen atoms in total. The Morgan fingerprint density at radius 2 is 1.88 bits per heavy atom. The number of hydrogen-bond donors (Lipinski definition) is 2. The number of rotatable bonds is 3. The predicted octanol–water partition coefficient (Wildman–Crippen LogP) is 4.31. The molecule has 1 fully saturated rings. The van der Waals surface area contributed by atoms with Gasteiger partial charge in [0.15, 0.2) is 0 Å². The quantitative estimate of drug-likeness (QED) is 0.606. The molecule has 33 heavy (non-hydrogen) atoms. The number of halogens is 3. The van der Waals surface area contributed by atoms with Crippen molar-refractivity contribution in [3.63, 3.8) is 0 Å². The SMILES string of the molecule is Cc1ccc2c(c1)OC[C@H](N1C[C@@H](C)O[C@@H](C)C1)[C@H]2Nc1ncnc2[nH]c(C(F)(F)F)cc12. The molecule has 4 heterocycles. The minimum atomic E-state index is -4.50. The lowest BCUT2D eigenvalue weighted by Crippen LogP contribution is -2.56. The van der Waals surface area contributed by atoms with Crippen molar-refractivity contribution >= 4 is 16.9 Å². The summed E-state index contributed by atoms with van der Waals surface area (Å²) >= 11 is 0.